The minimum absolute atomic E-state index is 0.0415. The molecule has 3 unspecified atom stereocenters. The molecule has 2 saturated heterocycles. The second-order valence-electron chi connectivity index (χ2n) is 10.6. The molecule has 0 radical (unpaired) electrons. The number of aromatic nitrogens is 2. The summed E-state index contributed by atoms with van der Waals surface area (Å²) in [5.74, 6) is 1.37. The van der Waals surface area contributed by atoms with Crippen LogP contribution in [0.5, 0.6) is 0 Å². The van der Waals surface area contributed by atoms with E-state index in [-0.39, 0.29) is 17.9 Å². The molecule has 1 aromatic rings. The Morgan fingerprint density at radius 1 is 1.26 bits per heavy atom. The van der Waals surface area contributed by atoms with Gasteiger partial charge < -0.3 is 14.8 Å². The molecule has 5 heterocycles. The lowest BCUT2D eigenvalue weighted by molar-refractivity contribution is -0.131. The summed E-state index contributed by atoms with van der Waals surface area (Å²) in [6, 6.07) is 1.83. The SMILES string of the molecule is CCC(=O)N1CCc2c(nc(C)n2C2CC3CCC(C2)N3CC[C@H](NC(C)=O)C2CC=C(Cl)S2)C1. The van der Waals surface area contributed by atoms with Crippen LogP contribution in [0.3, 0.4) is 0 Å². The average Bonchev–Trinajstić information content (AvgIpc) is 3.47. The zero-order chi connectivity index (χ0) is 24.7. The van der Waals surface area contributed by atoms with Crippen LogP contribution >= 0.6 is 23.4 Å². The van der Waals surface area contributed by atoms with Gasteiger partial charge in [-0.05, 0) is 45.4 Å². The number of allylic oxidation sites excluding steroid dienone is 1. The number of carbonyl (C=O) groups is 2. The number of rotatable bonds is 7. The van der Waals surface area contributed by atoms with Gasteiger partial charge in [-0.15, -0.1) is 11.8 Å². The fraction of sp³-hybridized carbons (Fsp3) is 0.731. The molecular formula is C26H38ClN5O2S. The average molecular weight is 520 g/mol. The molecule has 1 aromatic heterocycles. The molecule has 5 rings (SSSR count). The molecule has 7 nitrogen and oxygen atoms in total. The van der Waals surface area contributed by atoms with Gasteiger partial charge in [-0.2, -0.15) is 0 Å². The van der Waals surface area contributed by atoms with Gasteiger partial charge in [0.05, 0.1) is 16.6 Å². The summed E-state index contributed by atoms with van der Waals surface area (Å²) in [5, 5.41) is 3.54. The van der Waals surface area contributed by atoms with Crippen LogP contribution in [0.1, 0.15) is 82.0 Å². The van der Waals surface area contributed by atoms with Crippen molar-refractivity contribution in [2.45, 2.75) is 108 Å². The lowest BCUT2D eigenvalue weighted by atomic mass is 9.95. The highest BCUT2D eigenvalue weighted by atomic mass is 35.5. The maximum absolute atomic E-state index is 12.2. The van der Waals surface area contributed by atoms with Crippen molar-refractivity contribution in [2.75, 3.05) is 13.1 Å². The molecule has 0 aliphatic carbocycles. The Labute approximate surface area is 218 Å². The highest BCUT2D eigenvalue weighted by Crippen LogP contribution is 2.43. The summed E-state index contributed by atoms with van der Waals surface area (Å²) in [6.45, 7) is 8.17. The third-order valence-corrected chi connectivity index (χ3v) is 10.1. The number of amides is 2. The van der Waals surface area contributed by atoms with Gasteiger partial charge in [-0.1, -0.05) is 24.6 Å². The number of hydrogen-bond acceptors (Lipinski definition) is 5. The number of carbonyl (C=O) groups excluding carboxylic acids is 2. The second kappa shape index (κ2) is 10.5. The molecule has 4 atom stereocenters. The van der Waals surface area contributed by atoms with Gasteiger partial charge in [0.1, 0.15) is 5.82 Å². The van der Waals surface area contributed by atoms with Crippen LogP contribution < -0.4 is 5.32 Å². The molecule has 4 aliphatic rings. The Kier molecular flexibility index (Phi) is 7.52. The predicted molar refractivity (Wildman–Crippen MR) is 140 cm³/mol. The first-order valence-corrected chi connectivity index (χ1v) is 14.5. The van der Waals surface area contributed by atoms with Crippen molar-refractivity contribution in [3.05, 3.63) is 27.7 Å². The van der Waals surface area contributed by atoms with E-state index in [1.165, 1.54) is 18.5 Å². The van der Waals surface area contributed by atoms with Crippen molar-refractivity contribution in [3.63, 3.8) is 0 Å². The van der Waals surface area contributed by atoms with Crippen LogP contribution in [0.4, 0.5) is 0 Å². The van der Waals surface area contributed by atoms with Crippen molar-refractivity contribution in [1.29, 1.82) is 0 Å². The first kappa shape index (κ1) is 25.2. The van der Waals surface area contributed by atoms with Crippen LogP contribution in [-0.4, -0.2) is 67.6 Å². The Bertz CT molecular complexity index is 996. The van der Waals surface area contributed by atoms with E-state index in [4.69, 9.17) is 16.6 Å². The number of imidazole rings is 1. The summed E-state index contributed by atoms with van der Waals surface area (Å²) < 4.78 is 3.38. The van der Waals surface area contributed by atoms with Gasteiger partial charge in [0, 0.05) is 68.0 Å². The van der Waals surface area contributed by atoms with E-state index < -0.39 is 0 Å². The standard InChI is InChI=1S/C26H38ClN5O2S/c1-4-26(34)30-11-10-23-22(15-30)28-16(2)32(23)20-13-18-5-6-19(14-20)31(18)12-9-21(29-17(3)33)24-7-8-25(27)35-24/h8,18-21,24H,4-7,9-15H2,1-3H3,(H,29,33)/t18?,19?,20?,21-,24?/m0/s1. The minimum Gasteiger partial charge on any atom is -0.352 e. The molecule has 9 heteroatoms. The van der Waals surface area contributed by atoms with Crippen LogP contribution in [0.2, 0.25) is 0 Å². The third kappa shape index (κ3) is 5.16. The first-order valence-electron chi connectivity index (χ1n) is 13.2. The molecule has 4 aliphatic heterocycles. The summed E-state index contributed by atoms with van der Waals surface area (Å²) in [4.78, 5) is 33.7. The summed E-state index contributed by atoms with van der Waals surface area (Å²) >= 11 is 7.92. The van der Waals surface area contributed by atoms with Gasteiger partial charge >= 0.3 is 0 Å². The third-order valence-electron chi connectivity index (χ3n) is 8.42. The van der Waals surface area contributed by atoms with Crippen LogP contribution in [0.25, 0.3) is 0 Å². The van der Waals surface area contributed by atoms with Crippen molar-refractivity contribution in [3.8, 4) is 0 Å². The smallest absolute Gasteiger partial charge is 0.222 e. The first-order chi connectivity index (χ1) is 16.8. The molecule has 2 bridgehead atoms. The van der Waals surface area contributed by atoms with Crippen LogP contribution in [0.15, 0.2) is 10.4 Å². The van der Waals surface area contributed by atoms with Gasteiger partial charge in [0.25, 0.3) is 0 Å². The highest BCUT2D eigenvalue weighted by Gasteiger charge is 2.43. The largest absolute Gasteiger partial charge is 0.352 e. The number of aryl methyl sites for hydroxylation is 1. The topological polar surface area (TPSA) is 70.5 Å². The van der Waals surface area contributed by atoms with E-state index in [1.54, 1.807) is 18.7 Å². The Hall–Kier alpha value is -1.51. The lowest BCUT2D eigenvalue weighted by Gasteiger charge is -2.41. The summed E-state index contributed by atoms with van der Waals surface area (Å²) in [5.41, 5.74) is 2.46. The summed E-state index contributed by atoms with van der Waals surface area (Å²) in [7, 11) is 0. The van der Waals surface area contributed by atoms with E-state index in [0.717, 1.165) is 61.1 Å². The lowest BCUT2D eigenvalue weighted by Crippen LogP contribution is -2.48. The summed E-state index contributed by atoms with van der Waals surface area (Å²) in [6.07, 6.45) is 10.3. The molecule has 192 valence electrons. The molecule has 2 amide bonds. The van der Waals surface area contributed by atoms with Crippen LogP contribution in [0, 0.1) is 6.92 Å². The fourth-order valence-corrected chi connectivity index (χ4v) is 8.35. The zero-order valence-electron chi connectivity index (χ0n) is 21.1. The van der Waals surface area contributed by atoms with Crippen molar-refractivity contribution < 1.29 is 9.59 Å². The number of piperidine rings is 1. The van der Waals surface area contributed by atoms with Gasteiger partial charge in [0.15, 0.2) is 0 Å². The maximum Gasteiger partial charge on any atom is 0.222 e. The number of halogens is 1. The monoisotopic (exact) mass is 519 g/mol. The molecule has 1 N–H and O–H groups in total. The maximum atomic E-state index is 12.2. The number of nitrogens with one attached hydrogen (secondary N) is 1. The molecule has 0 spiro atoms. The van der Waals surface area contributed by atoms with Gasteiger partial charge in [-0.3, -0.25) is 14.5 Å². The predicted octanol–water partition coefficient (Wildman–Crippen LogP) is 4.13. The highest BCUT2D eigenvalue weighted by molar-refractivity contribution is 8.05. The van der Waals surface area contributed by atoms with Crippen molar-refractivity contribution in [1.82, 2.24) is 24.7 Å². The minimum atomic E-state index is 0.0415. The van der Waals surface area contributed by atoms with E-state index in [2.05, 4.69) is 27.8 Å². The Balaban J connectivity index is 1.24. The fourth-order valence-electron chi connectivity index (χ4n) is 6.88. The Morgan fingerprint density at radius 2 is 2.00 bits per heavy atom. The van der Waals surface area contributed by atoms with E-state index in [1.807, 2.05) is 11.8 Å². The Morgan fingerprint density at radius 3 is 2.63 bits per heavy atom. The molecule has 2 fully saturated rings. The number of hydrogen-bond donors (Lipinski definition) is 1. The molecule has 0 saturated carbocycles. The number of nitrogens with zero attached hydrogens (tertiary/aromatic N) is 4. The van der Waals surface area contributed by atoms with E-state index in [9.17, 15) is 9.59 Å². The quantitative estimate of drug-likeness (QED) is 0.586. The molecular weight excluding hydrogens is 482 g/mol. The van der Waals surface area contributed by atoms with Crippen molar-refractivity contribution >= 4 is 35.2 Å². The second-order valence-corrected chi connectivity index (χ2v) is 12.5. The van der Waals surface area contributed by atoms with Gasteiger partial charge in [-0.25, -0.2) is 4.98 Å². The normalized spacial score (nSPS) is 29.1. The van der Waals surface area contributed by atoms with E-state index in [0.29, 0.717) is 36.3 Å². The zero-order valence-corrected chi connectivity index (χ0v) is 22.7. The molecule has 0 aromatic carbocycles. The number of fused-ring (bicyclic) bond motifs is 3. The van der Waals surface area contributed by atoms with Crippen LogP contribution in [-0.2, 0) is 22.6 Å². The van der Waals surface area contributed by atoms with Crippen molar-refractivity contribution in [2.24, 2.45) is 0 Å². The number of thioether (sulfide) groups is 1. The van der Waals surface area contributed by atoms with Gasteiger partial charge in [0.2, 0.25) is 11.8 Å². The molecule has 35 heavy (non-hydrogen) atoms. The van der Waals surface area contributed by atoms with E-state index >= 15 is 0 Å².